The molecule has 3 atom stereocenters. The molecule has 2 amide bonds. The summed E-state index contributed by atoms with van der Waals surface area (Å²) in [5, 5.41) is 5.01. The van der Waals surface area contributed by atoms with Gasteiger partial charge in [0.1, 0.15) is 0 Å². The normalized spacial score (nSPS) is 24.0. The molecule has 2 aromatic rings. The predicted molar refractivity (Wildman–Crippen MR) is 104 cm³/mol. The maximum atomic E-state index is 12.9. The summed E-state index contributed by atoms with van der Waals surface area (Å²) >= 11 is 1.62. The number of rotatable bonds is 5. The van der Waals surface area contributed by atoms with Gasteiger partial charge in [-0.15, -0.1) is 11.3 Å². The number of likely N-dealkylation sites (tertiary alicyclic amines) is 1. The third-order valence-electron chi connectivity index (χ3n) is 5.44. The fourth-order valence-electron chi connectivity index (χ4n) is 3.99. The van der Waals surface area contributed by atoms with Gasteiger partial charge < -0.3 is 15.0 Å². The number of nitrogens with one attached hydrogen (secondary N) is 1. The zero-order valence-electron chi connectivity index (χ0n) is 15.4. The lowest BCUT2D eigenvalue weighted by Crippen LogP contribution is -2.38. The molecular weight excluding hydrogens is 360 g/mol. The van der Waals surface area contributed by atoms with Gasteiger partial charge in [0.25, 0.3) is 0 Å². The Balaban J connectivity index is 1.41. The first-order valence-corrected chi connectivity index (χ1v) is 10.3. The first kappa shape index (κ1) is 18.2. The van der Waals surface area contributed by atoms with Crippen molar-refractivity contribution in [3.8, 4) is 0 Å². The van der Waals surface area contributed by atoms with Crippen LogP contribution >= 0.6 is 11.3 Å². The van der Waals surface area contributed by atoms with Crippen molar-refractivity contribution < 1.29 is 14.3 Å². The molecule has 5 nitrogen and oxygen atoms in total. The number of fused-ring (bicyclic) bond motifs is 1. The Morgan fingerprint density at radius 2 is 2.07 bits per heavy atom. The number of carbonyl (C=O) groups is 2. The molecule has 0 saturated carbocycles. The van der Waals surface area contributed by atoms with Crippen LogP contribution in [0.15, 0.2) is 41.8 Å². The molecule has 3 heterocycles. The number of aryl methyl sites for hydroxylation is 1. The summed E-state index contributed by atoms with van der Waals surface area (Å²) in [6.07, 6.45) is 0.988. The first-order chi connectivity index (χ1) is 13.1. The zero-order valence-corrected chi connectivity index (χ0v) is 16.2. The number of carbonyl (C=O) groups excluding carboxylic acids is 2. The van der Waals surface area contributed by atoms with Crippen LogP contribution in [0.1, 0.15) is 22.4 Å². The van der Waals surface area contributed by atoms with E-state index in [0.717, 1.165) is 16.9 Å². The Morgan fingerprint density at radius 3 is 2.81 bits per heavy atom. The number of amides is 2. The average molecular weight is 385 g/mol. The van der Waals surface area contributed by atoms with E-state index >= 15 is 0 Å². The van der Waals surface area contributed by atoms with Gasteiger partial charge in [-0.1, -0.05) is 35.9 Å². The molecule has 142 valence electrons. The Bertz CT molecular complexity index is 803. The van der Waals surface area contributed by atoms with Crippen molar-refractivity contribution in [1.29, 1.82) is 0 Å². The summed E-state index contributed by atoms with van der Waals surface area (Å²) in [7, 11) is 0. The molecule has 2 saturated heterocycles. The van der Waals surface area contributed by atoms with Crippen molar-refractivity contribution in [3.63, 3.8) is 0 Å². The molecule has 2 fully saturated rings. The molecule has 27 heavy (non-hydrogen) atoms. The third kappa shape index (κ3) is 3.92. The van der Waals surface area contributed by atoms with Crippen LogP contribution in [0.25, 0.3) is 0 Å². The molecule has 0 aliphatic carbocycles. The van der Waals surface area contributed by atoms with Crippen LogP contribution in [-0.4, -0.2) is 42.0 Å². The van der Waals surface area contributed by atoms with Gasteiger partial charge in [-0.2, -0.15) is 0 Å². The van der Waals surface area contributed by atoms with Crippen LogP contribution in [0.4, 0.5) is 0 Å². The molecular formula is C21H24N2O3S. The van der Waals surface area contributed by atoms with Gasteiger partial charge in [-0.25, -0.2) is 0 Å². The van der Waals surface area contributed by atoms with Crippen LogP contribution in [0, 0.1) is 12.8 Å². The lowest BCUT2D eigenvalue weighted by molar-refractivity contribution is -0.131. The standard InChI is InChI=1S/C21H24N2O3S/c1-14-4-6-15(7-5-14)11-19(24)23-13-17(20-18(23)8-9-26-20)21(25)22-12-16-3-2-10-27-16/h2-7,10,17-18,20H,8-9,11-13H2,1H3,(H,22,25)/t17-,18-,20+/m0/s1. The quantitative estimate of drug-likeness (QED) is 0.862. The Labute approximate surface area is 163 Å². The summed E-state index contributed by atoms with van der Waals surface area (Å²) in [5.74, 6) is -0.238. The summed E-state index contributed by atoms with van der Waals surface area (Å²) in [6, 6.07) is 12.0. The number of hydrogen-bond acceptors (Lipinski definition) is 4. The Hall–Kier alpha value is -2.18. The number of benzene rings is 1. The summed E-state index contributed by atoms with van der Waals surface area (Å²) in [4.78, 5) is 28.6. The van der Waals surface area contributed by atoms with Crippen molar-refractivity contribution in [1.82, 2.24) is 10.2 Å². The fraction of sp³-hybridized carbons (Fsp3) is 0.429. The van der Waals surface area contributed by atoms with E-state index in [0.29, 0.717) is 26.1 Å². The van der Waals surface area contributed by atoms with Crippen LogP contribution in [0.3, 0.4) is 0 Å². The zero-order chi connectivity index (χ0) is 18.8. The maximum absolute atomic E-state index is 12.9. The number of ether oxygens (including phenoxy) is 1. The highest BCUT2D eigenvalue weighted by Gasteiger charge is 2.50. The van der Waals surface area contributed by atoms with Gasteiger partial charge in [0.2, 0.25) is 11.8 Å². The number of hydrogen-bond donors (Lipinski definition) is 1. The van der Waals surface area contributed by atoms with E-state index in [9.17, 15) is 9.59 Å². The van der Waals surface area contributed by atoms with Crippen LogP contribution < -0.4 is 5.32 Å². The molecule has 0 spiro atoms. The van der Waals surface area contributed by atoms with Gasteiger partial charge >= 0.3 is 0 Å². The second-order valence-electron chi connectivity index (χ2n) is 7.30. The molecule has 1 aromatic heterocycles. The molecule has 2 aliphatic heterocycles. The van der Waals surface area contributed by atoms with E-state index in [1.807, 2.05) is 53.6 Å². The molecule has 6 heteroatoms. The highest BCUT2D eigenvalue weighted by Crippen LogP contribution is 2.34. The molecule has 1 N–H and O–H groups in total. The second-order valence-corrected chi connectivity index (χ2v) is 8.34. The second kappa shape index (κ2) is 7.82. The largest absolute Gasteiger partial charge is 0.375 e. The smallest absolute Gasteiger partial charge is 0.227 e. The summed E-state index contributed by atoms with van der Waals surface area (Å²) in [6.45, 7) is 3.61. The highest BCUT2D eigenvalue weighted by atomic mass is 32.1. The third-order valence-corrected chi connectivity index (χ3v) is 6.32. The Kier molecular flexibility index (Phi) is 5.27. The maximum Gasteiger partial charge on any atom is 0.227 e. The van der Waals surface area contributed by atoms with Crippen molar-refractivity contribution in [2.45, 2.75) is 38.5 Å². The monoisotopic (exact) mass is 384 g/mol. The minimum Gasteiger partial charge on any atom is -0.375 e. The van der Waals surface area contributed by atoms with Gasteiger partial charge in [-0.05, 0) is 30.4 Å². The van der Waals surface area contributed by atoms with Crippen molar-refractivity contribution >= 4 is 23.2 Å². The average Bonchev–Trinajstić information content (AvgIpc) is 3.39. The molecule has 2 aliphatic rings. The van der Waals surface area contributed by atoms with E-state index in [1.54, 1.807) is 11.3 Å². The molecule has 0 radical (unpaired) electrons. The van der Waals surface area contributed by atoms with Gasteiger partial charge in [0, 0.05) is 18.0 Å². The molecule has 1 aromatic carbocycles. The van der Waals surface area contributed by atoms with E-state index in [-0.39, 0.29) is 29.9 Å². The fourth-order valence-corrected chi connectivity index (χ4v) is 4.63. The Morgan fingerprint density at radius 1 is 1.26 bits per heavy atom. The topological polar surface area (TPSA) is 58.6 Å². The van der Waals surface area contributed by atoms with E-state index < -0.39 is 0 Å². The van der Waals surface area contributed by atoms with Gasteiger partial charge in [0.05, 0.1) is 31.0 Å². The lowest BCUT2D eigenvalue weighted by Gasteiger charge is -2.22. The van der Waals surface area contributed by atoms with E-state index in [2.05, 4.69) is 5.32 Å². The highest BCUT2D eigenvalue weighted by molar-refractivity contribution is 7.09. The SMILES string of the molecule is Cc1ccc(CC(=O)N2C[C@H](C(=O)NCc3cccs3)[C@H]3OCC[C@@H]32)cc1. The lowest BCUT2D eigenvalue weighted by atomic mass is 10.0. The van der Waals surface area contributed by atoms with Crippen molar-refractivity contribution in [2.75, 3.05) is 13.2 Å². The summed E-state index contributed by atoms with van der Waals surface area (Å²) in [5.41, 5.74) is 2.19. The number of thiophene rings is 1. The van der Waals surface area contributed by atoms with E-state index in [1.165, 1.54) is 5.56 Å². The minimum atomic E-state index is -0.292. The molecule has 4 rings (SSSR count). The van der Waals surface area contributed by atoms with Crippen LogP contribution in [-0.2, 0) is 27.3 Å². The molecule has 0 unspecified atom stereocenters. The van der Waals surface area contributed by atoms with Gasteiger partial charge in [-0.3, -0.25) is 9.59 Å². The van der Waals surface area contributed by atoms with Crippen molar-refractivity contribution in [2.24, 2.45) is 5.92 Å². The van der Waals surface area contributed by atoms with Gasteiger partial charge in [0.15, 0.2) is 0 Å². The predicted octanol–water partition coefficient (Wildman–Crippen LogP) is 2.53. The first-order valence-electron chi connectivity index (χ1n) is 9.38. The minimum absolute atomic E-state index is 0.0143. The van der Waals surface area contributed by atoms with E-state index in [4.69, 9.17) is 4.74 Å². The number of nitrogens with zero attached hydrogens (tertiary/aromatic N) is 1. The van der Waals surface area contributed by atoms with Crippen LogP contribution in [0.2, 0.25) is 0 Å². The molecule has 0 bridgehead atoms. The van der Waals surface area contributed by atoms with Crippen LogP contribution in [0.5, 0.6) is 0 Å². The summed E-state index contributed by atoms with van der Waals surface area (Å²) < 4.78 is 5.84. The van der Waals surface area contributed by atoms with Crippen molar-refractivity contribution in [3.05, 3.63) is 57.8 Å².